The van der Waals surface area contributed by atoms with Crippen LogP contribution in [-0.4, -0.2) is 41.3 Å². The third-order valence-corrected chi connectivity index (χ3v) is 7.53. The lowest BCUT2D eigenvalue weighted by molar-refractivity contribution is -0.121. The second-order valence-electron chi connectivity index (χ2n) is 6.97. The van der Waals surface area contributed by atoms with Crippen molar-refractivity contribution in [2.75, 3.05) is 13.1 Å². The van der Waals surface area contributed by atoms with E-state index in [2.05, 4.69) is 26.2 Å². The number of imidazole rings is 1. The average molecular weight is 560 g/mol. The molecular weight excluding hydrogens is 539 g/mol. The molecule has 32 heavy (non-hydrogen) atoms. The van der Waals surface area contributed by atoms with E-state index in [0.717, 1.165) is 8.78 Å². The summed E-state index contributed by atoms with van der Waals surface area (Å²) in [5.74, 6) is -0.401. The van der Waals surface area contributed by atoms with Crippen LogP contribution in [0.2, 0.25) is 10.0 Å². The summed E-state index contributed by atoms with van der Waals surface area (Å²) in [6.45, 7) is 0.686. The van der Waals surface area contributed by atoms with Crippen molar-refractivity contribution in [2.45, 2.75) is 24.4 Å². The number of nitrogens with zero attached hydrogens (tertiary/aromatic N) is 3. The largest absolute Gasteiger partial charge is 0.355 e. The first-order chi connectivity index (χ1) is 15.3. The predicted molar refractivity (Wildman–Crippen MR) is 128 cm³/mol. The minimum absolute atomic E-state index is 0.0726. The van der Waals surface area contributed by atoms with E-state index < -0.39 is 15.9 Å². The molecule has 0 spiro atoms. The average Bonchev–Trinajstić information content (AvgIpc) is 3.26. The van der Waals surface area contributed by atoms with Crippen LogP contribution < -0.4 is 5.32 Å². The highest BCUT2D eigenvalue weighted by Gasteiger charge is 2.27. The van der Waals surface area contributed by atoms with Gasteiger partial charge in [0.2, 0.25) is 15.9 Å². The number of halogens is 3. The zero-order valence-electron chi connectivity index (χ0n) is 16.9. The molecule has 1 N–H and O–H groups in total. The number of aromatic nitrogens is 2. The number of nitrogens with one attached hydrogen (secondary N) is 1. The summed E-state index contributed by atoms with van der Waals surface area (Å²) in [4.78, 5) is 16.6. The molecule has 3 rings (SSSR count). The maximum absolute atomic E-state index is 13.3. The molecule has 1 amide bonds. The lowest BCUT2D eigenvalue weighted by atomic mass is 10.2. The molecule has 1 aromatic heterocycles. The molecule has 0 aliphatic heterocycles. The summed E-state index contributed by atoms with van der Waals surface area (Å²) in [6, 6.07) is 11.1. The number of hydrogen-bond acceptors (Lipinski definition) is 4. The van der Waals surface area contributed by atoms with Crippen molar-refractivity contribution in [3.8, 4) is 0 Å². The first-order valence-corrected chi connectivity index (χ1v) is 12.7. The van der Waals surface area contributed by atoms with Crippen LogP contribution in [0, 0.1) is 0 Å². The zero-order chi connectivity index (χ0) is 23.1. The van der Waals surface area contributed by atoms with Crippen molar-refractivity contribution in [1.82, 2.24) is 19.2 Å². The highest BCUT2D eigenvalue weighted by molar-refractivity contribution is 9.10. The van der Waals surface area contributed by atoms with Gasteiger partial charge in [-0.25, -0.2) is 13.4 Å². The molecule has 0 bridgehead atoms. The van der Waals surface area contributed by atoms with E-state index in [4.69, 9.17) is 23.2 Å². The molecule has 0 saturated carbocycles. The molecule has 2 aromatic carbocycles. The van der Waals surface area contributed by atoms with E-state index in [1.807, 2.05) is 10.8 Å². The Bertz CT molecular complexity index is 1160. The molecule has 11 heteroatoms. The maximum Gasteiger partial charge on any atom is 0.243 e. The Morgan fingerprint density at radius 2 is 1.91 bits per heavy atom. The molecule has 7 nitrogen and oxygen atoms in total. The van der Waals surface area contributed by atoms with Crippen LogP contribution in [0.5, 0.6) is 0 Å². The van der Waals surface area contributed by atoms with Crippen molar-refractivity contribution < 1.29 is 13.2 Å². The van der Waals surface area contributed by atoms with Crippen LogP contribution in [-0.2, 0) is 27.9 Å². The van der Waals surface area contributed by atoms with Gasteiger partial charge < -0.3 is 9.88 Å². The standard InChI is InChI=1S/C21H21BrCl2N4O3S/c22-17-3-6-19(7-4-17)32(30,31)28(13-16-2-5-18(23)12-20(16)24)14-21(29)26-8-1-10-27-11-9-25-15-27/h2-7,9,11-12,15H,1,8,10,13-14H2,(H,26,29). The number of carbonyl (C=O) groups is 1. The van der Waals surface area contributed by atoms with E-state index in [9.17, 15) is 13.2 Å². The Balaban J connectivity index is 1.73. The molecule has 0 aliphatic carbocycles. The predicted octanol–water partition coefficient (Wildman–Crippen LogP) is 4.35. The number of rotatable bonds is 10. The van der Waals surface area contributed by atoms with Crippen LogP contribution in [0.3, 0.4) is 0 Å². The van der Waals surface area contributed by atoms with Crippen molar-refractivity contribution in [3.05, 3.63) is 81.3 Å². The number of carbonyl (C=O) groups excluding carboxylic acids is 1. The quantitative estimate of drug-likeness (QED) is 0.374. The SMILES string of the molecule is O=C(CN(Cc1ccc(Cl)cc1Cl)S(=O)(=O)c1ccc(Br)cc1)NCCCn1ccnc1. The summed E-state index contributed by atoms with van der Waals surface area (Å²) in [5.41, 5.74) is 0.546. The third-order valence-electron chi connectivity index (χ3n) is 4.61. The van der Waals surface area contributed by atoms with Crippen LogP contribution in [0.15, 0.2) is 70.6 Å². The van der Waals surface area contributed by atoms with Gasteiger partial charge in [0, 0.05) is 46.5 Å². The summed E-state index contributed by atoms with van der Waals surface area (Å²) in [6.07, 6.45) is 5.91. The Morgan fingerprint density at radius 3 is 2.56 bits per heavy atom. The number of aryl methyl sites for hydroxylation is 1. The van der Waals surface area contributed by atoms with Gasteiger partial charge in [-0.2, -0.15) is 4.31 Å². The van der Waals surface area contributed by atoms with Gasteiger partial charge >= 0.3 is 0 Å². The van der Waals surface area contributed by atoms with Crippen LogP contribution in [0.1, 0.15) is 12.0 Å². The third kappa shape index (κ3) is 6.79. The van der Waals surface area contributed by atoms with Gasteiger partial charge in [0.15, 0.2) is 0 Å². The fourth-order valence-electron chi connectivity index (χ4n) is 2.95. The lowest BCUT2D eigenvalue weighted by Crippen LogP contribution is -2.40. The van der Waals surface area contributed by atoms with Gasteiger partial charge in [-0.15, -0.1) is 0 Å². The highest BCUT2D eigenvalue weighted by Crippen LogP contribution is 2.25. The molecule has 170 valence electrons. The molecule has 0 atom stereocenters. The van der Waals surface area contributed by atoms with Gasteiger partial charge in [0.25, 0.3) is 0 Å². The smallest absolute Gasteiger partial charge is 0.243 e. The Hall–Kier alpha value is -1.91. The Morgan fingerprint density at radius 1 is 1.16 bits per heavy atom. The highest BCUT2D eigenvalue weighted by atomic mass is 79.9. The van der Waals surface area contributed by atoms with Gasteiger partial charge in [-0.05, 0) is 48.4 Å². The monoisotopic (exact) mass is 558 g/mol. The summed E-state index contributed by atoms with van der Waals surface area (Å²) < 4.78 is 30.4. The summed E-state index contributed by atoms with van der Waals surface area (Å²) in [7, 11) is -3.96. The van der Waals surface area contributed by atoms with Gasteiger partial charge in [0.1, 0.15) is 0 Å². The second-order valence-corrected chi connectivity index (χ2v) is 10.7. The molecule has 0 fully saturated rings. The molecule has 3 aromatic rings. The summed E-state index contributed by atoms with van der Waals surface area (Å²) in [5, 5.41) is 3.55. The Labute approximate surface area is 205 Å². The fraction of sp³-hybridized carbons (Fsp3) is 0.238. The Kier molecular flexibility index (Phi) is 8.72. The second kappa shape index (κ2) is 11.3. The first kappa shape index (κ1) is 24.7. The van der Waals surface area contributed by atoms with E-state index >= 15 is 0 Å². The van der Waals surface area contributed by atoms with Crippen molar-refractivity contribution in [1.29, 1.82) is 0 Å². The van der Waals surface area contributed by atoms with Gasteiger partial charge in [-0.1, -0.05) is 45.2 Å². The molecule has 0 unspecified atom stereocenters. The number of sulfonamides is 1. The molecular formula is C21H21BrCl2N4O3S. The van der Waals surface area contributed by atoms with E-state index in [1.54, 1.807) is 42.9 Å². The normalized spacial score (nSPS) is 11.6. The molecule has 0 radical (unpaired) electrons. The van der Waals surface area contributed by atoms with Crippen LogP contribution in [0.25, 0.3) is 0 Å². The number of amides is 1. The number of benzene rings is 2. The lowest BCUT2D eigenvalue weighted by Gasteiger charge is -2.22. The summed E-state index contributed by atoms with van der Waals surface area (Å²) >= 11 is 15.5. The first-order valence-electron chi connectivity index (χ1n) is 9.68. The van der Waals surface area contributed by atoms with E-state index in [-0.39, 0.29) is 18.0 Å². The van der Waals surface area contributed by atoms with E-state index in [1.165, 1.54) is 12.1 Å². The minimum Gasteiger partial charge on any atom is -0.355 e. The van der Waals surface area contributed by atoms with E-state index in [0.29, 0.717) is 35.1 Å². The number of hydrogen-bond donors (Lipinski definition) is 1. The van der Waals surface area contributed by atoms with Crippen LogP contribution in [0.4, 0.5) is 0 Å². The van der Waals surface area contributed by atoms with Crippen LogP contribution >= 0.6 is 39.1 Å². The molecule has 1 heterocycles. The topological polar surface area (TPSA) is 84.3 Å². The molecule has 0 saturated heterocycles. The molecule has 0 aliphatic rings. The minimum atomic E-state index is -3.96. The van der Waals surface area contributed by atoms with Gasteiger partial charge in [0.05, 0.1) is 17.8 Å². The van der Waals surface area contributed by atoms with Gasteiger partial charge in [-0.3, -0.25) is 4.79 Å². The fourth-order valence-corrected chi connectivity index (χ4v) is 5.05. The van der Waals surface area contributed by atoms with Crippen molar-refractivity contribution >= 4 is 55.1 Å². The van der Waals surface area contributed by atoms with Crippen molar-refractivity contribution in [2.24, 2.45) is 0 Å². The zero-order valence-corrected chi connectivity index (χ0v) is 20.8. The maximum atomic E-state index is 13.3. The van der Waals surface area contributed by atoms with Crippen molar-refractivity contribution in [3.63, 3.8) is 0 Å².